The number of ether oxygens (including phenoxy) is 1. The first kappa shape index (κ1) is 20.9. The average Bonchev–Trinajstić information content (AvgIpc) is 3.02. The quantitative estimate of drug-likeness (QED) is 0.729. The third-order valence-electron chi connectivity index (χ3n) is 4.73. The van der Waals surface area contributed by atoms with Crippen LogP contribution in [0.2, 0.25) is 0 Å². The fourth-order valence-corrected chi connectivity index (χ4v) is 3.04. The molecule has 3 rings (SSSR count). The Bertz CT molecular complexity index is 1080. The van der Waals surface area contributed by atoms with Crippen LogP contribution in [0.25, 0.3) is 0 Å². The normalized spacial score (nSPS) is 12.8. The van der Waals surface area contributed by atoms with Gasteiger partial charge < -0.3 is 15.2 Å². The number of rotatable bonds is 7. The zero-order valence-electron chi connectivity index (χ0n) is 16.7. The van der Waals surface area contributed by atoms with Crippen molar-refractivity contribution in [3.8, 4) is 17.9 Å². The third-order valence-corrected chi connectivity index (χ3v) is 4.73. The number of nitrogens with one attached hydrogen (secondary N) is 1. The van der Waals surface area contributed by atoms with Crippen molar-refractivity contribution in [1.82, 2.24) is 4.98 Å². The second kappa shape index (κ2) is 10.1. The van der Waals surface area contributed by atoms with Gasteiger partial charge in [-0.15, -0.1) is 0 Å². The van der Waals surface area contributed by atoms with Gasteiger partial charge in [-0.05, 0) is 36.3 Å². The van der Waals surface area contributed by atoms with Crippen LogP contribution in [0.15, 0.2) is 65.9 Å². The first-order valence-corrected chi connectivity index (χ1v) is 9.56. The fraction of sp³-hybridized carbons (Fsp3) is 0.208. The van der Waals surface area contributed by atoms with Gasteiger partial charge in [0.05, 0.1) is 41.9 Å². The molecule has 0 fully saturated rings. The summed E-state index contributed by atoms with van der Waals surface area (Å²) in [6, 6.07) is 11.4. The van der Waals surface area contributed by atoms with E-state index >= 15 is 0 Å². The number of nitrogens with zero attached hydrogens (tertiary/aromatic N) is 3. The van der Waals surface area contributed by atoms with Gasteiger partial charge in [0.1, 0.15) is 12.4 Å². The Kier molecular flexibility index (Phi) is 7.00. The Hall–Kier alpha value is -3.87. The van der Waals surface area contributed by atoms with Crippen molar-refractivity contribution >= 4 is 5.69 Å². The summed E-state index contributed by atoms with van der Waals surface area (Å²) in [6.45, 7) is 2.47. The van der Waals surface area contributed by atoms with E-state index in [1.54, 1.807) is 18.3 Å². The summed E-state index contributed by atoms with van der Waals surface area (Å²) in [6.07, 6.45) is 9.99. The predicted molar refractivity (Wildman–Crippen MR) is 114 cm³/mol. The molecule has 0 unspecified atom stereocenters. The third kappa shape index (κ3) is 5.14. The molecule has 0 saturated carbocycles. The summed E-state index contributed by atoms with van der Waals surface area (Å²) in [4.78, 5) is 4.40. The number of benzene rings is 1. The molecular weight excluding hydrogens is 376 g/mol. The Morgan fingerprint density at radius 3 is 2.67 bits per heavy atom. The zero-order chi connectivity index (χ0) is 21.3. The van der Waals surface area contributed by atoms with Crippen LogP contribution < -0.4 is 10.1 Å². The van der Waals surface area contributed by atoms with Crippen molar-refractivity contribution in [2.45, 2.75) is 26.6 Å². The van der Waals surface area contributed by atoms with Crippen molar-refractivity contribution in [3.63, 3.8) is 0 Å². The fourth-order valence-electron chi connectivity index (χ4n) is 3.04. The van der Waals surface area contributed by atoms with Gasteiger partial charge in [0, 0.05) is 24.1 Å². The van der Waals surface area contributed by atoms with Gasteiger partial charge in [0.2, 0.25) is 0 Å². The molecule has 0 atom stereocenters. The second-order valence-corrected chi connectivity index (χ2v) is 6.83. The topological polar surface area (TPSA) is 102 Å². The standard InChI is InChI=1S/C24H22N4O2/c1-17-24(30-16-21-9-6-19(12-26)7-10-21)22(15-29)23(14-27-17)28-13-20-4-2-3-18(11-25)5-8-20/h2,4-10,14,28-29H,3,13,15-16H2,1H3. The number of aryl methyl sites for hydroxylation is 1. The van der Waals surface area contributed by atoms with E-state index in [0.717, 1.165) is 11.1 Å². The lowest BCUT2D eigenvalue weighted by atomic mass is 10.1. The summed E-state index contributed by atoms with van der Waals surface area (Å²) in [5, 5.41) is 31.2. The lowest BCUT2D eigenvalue weighted by Crippen LogP contribution is -2.09. The van der Waals surface area contributed by atoms with Crippen molar-refractivity contribution in [1.29, 1.82) is 10.5 Å². The lowest BCUT2D eigenvalue weighted by Gasteiger charge is -2.17. The molecule has 0 radical (unpaired) electrons. The molecule has 30 heavy (non-hydrogen) atoms. The minimum Gasteiger partial charge on any atom is -0.487 e. The van der Waals surface area contributed by atoms with Gasteiger partial charge in [-0.1, -0.05) is 30.4 Å². The molecule has 1 aliphatic carbocycles. The van der Waals surface area contributed by atoms with E-state index in [-0.39, 0.29) is 6.61 Å². The van der Waals surface area contributed by atoms with Crippen LogP contribution >= 0.6 is 0 Å². The molecule has 6 nitrogen and oxygen atoms in total. The monoisotopic (exact) mass is 398 g/mol. The molecule has 0 saturated heterocycles. The molecule has 1 aromatic carbocycles. The smallest absolute Gasteiger partial charge is 0.148 e. The number of aromatic nitrogens is 1. The summed E-state index contributed by atoms with van der Waals surface area (Å²) in [7, 11) is 0. The number of hydrogen-bond acceptors (Lipinski definition) is 6. The Labute approximate surface area is 176 Å². The van der Waals surface area contributed by atoms with Crippen LogP contribution in [-0.4, -0.2) is 16.6 Å². The van der Waals surface area contributed by atoms with Crippen LogP contribution in [0, 0.1) is 29.6 Å². The maximum absolute atomic E-state index is 9.98. The van der Waals surface area contributed by atoms with E-state index in [2.05, 4.69) is 22.4 Å². The average molecular weight is 398 g/mol. The van der Waals surface area contributed by atoms with E-state index in [9.17, 15) is 5.11 Å². The predicted octanol–water partition coefficient (Wildman–Crippen LogP) is 4.08. The van der Waals surface area contributed by atoms with Crippen LogP contribution in [-0.2, 0) is 13.2 Å². The van der Waals surface area contributed by atoms with E-state index in [4.69, 9.17) is 15.3 Å². The minimum absolute atomic E-state index is 0.193. The van der Waals surface area contributed by atoms with Gasteiger partial charge in [-0.2, -0.15) is 10.5 Å². The highest BCUT2D eigenvalue weighted by molar-refractivity contribution is 5.58. The summed E-state index contributed by atoms with van der Waals surface area (Å²) in [5.41, 5.74) is 5.27. The summed E-state index contributed by atoms with van der Waals surface area (Å²) >= 11 is 0. The van der Waals surface area contributed by atoms with E-state index in [1.807, 2.05) is 43.4 Å². The van der Waals surface area contributed by atoms with Crippen LogP contribution in [0.1, 0.15) is 28.8 Å². The van der Waals surface area contributed by atoms with Crippen molar-refractivity contribution < 1.29 is 9.84 Å². The molecule has 1 aliphatic rings. The Balaban J connectivity index is 1.75. The highest BCUT2D eigenvalue weighted by atomic mass is 16.5. The highest BCUT2D eigenvalue weighted by Gasteiger charge is 2.14. The first-order valence-electron chi connectivity index (χ1n) is 9.56. The number of aliphatic hydroxyl groups is 1. The molecule has 0 aliphatic heterocycles. The van der Waals surface area contributed by atoms with Crippen molar-refractivity contribution in [2.24, 2.45) is 0 Å². The SMILES string of the molecule is Cc1ncc(NCC2=CC=C(C#N)CC=C2)c(CO)c1OCc1ccc(C#N)cc1. The highest BCUT2D eigenvalue weighted by Crippen LogP contribution is 2.30. The van der Waals surface area contributed by atoms with Gasteiger partial charge in [0.15, 0.2) is 0 Å². The number of nitriles is 2. The zero-order valence-corrected chi connectivity index (χ0v) is 16.7. The van der Waals surface area contributed by atoms with Crippen molar-refractivity contribution in [3.05, 3.63) is 88.3 Å². The number of hydrogen-bond donors (Lipinski definition) is 2. The summed E-state index contributed by atoms with van der Waals surface area (Å²) in [5.74, 6) is 0.545. The molecule has 1 heterocycles. The van der Waals surface area contributed by atoms with Crippen LogP contribution in [0.5, 0.6) is 5.75 Å². The molecule has 0 spiro atoms. The number of anilines is 1. The van der Waals surface area contributed by atoms with E-state index < -0.39 is 0 Å². The van der Waals surface area contributed by atoms with E-state index in [0.29, 0.717) is 53.4 Å². The second-order valence-electron chi connectivity index (χ2n) is 6.83. The van der Waals surface area contributed by atoms with Gasteiger partial charge >= 0.3 is 0 Å². The van der Waals surface area contributed by atoms with Gasteiger partial charge in [-0.3, -0.25) is 4.98 Å². The Morgan fingerprint density at radius 2 is 1.97 bits per heavy atom. The first-order chi connectivity index (χ1) is 14.6. The molecule has 6 heteroatoms. The summed E-state index contributed by atoms with van der Waals surface area (Å²) < 4.78 is 5.98. The maximum atomic E-state index is 9.98. The molecule has 0 amide bonds. The molecular formula is C24H22N4O2. The van der Waals surface area contributed by atoms with Gasteiger partial charge in [0.25, 0.3) is 0 Å². The Morgan fingerprint density at radius 1 is 1.17 bits per heavy atom. The van der Waals surface area contributed by atoms with Crippen molar-refractivity contribution in [2.75, 3.05) is 11.9 Å². The molecule has 1 aromatic heterocycles. The van der Waals surface area contributed by atoms with Gasteiger partial charge in [-0.25, -0.2) is 0 Å². The molecule has 0 bridgehead atoms. The largest absolute Gasteiger partial charge is 0.487 e. The van der Waals surface area contributed by atoms with E-state index in [1.165, 1.54) is 0 Å². The lowest BCUT2D eigenvalue weighted by molar-refractivity contribution is 0.258. The number of allylic oxidation sites excluding steroid dienone is 4. The molecule has 150 valence electrons. The molecule has 2 aromatic rings. The molecule has 2 N–H and O–H groups in total. The van der Waals surface area contributed by atoms with Crippen LogP contribution in [0.3, 0.4) is 0 Å². The number of pyridine rings is 1. The minimum atomic E-state index is -0.193. The number of aliphatic hydroxyl groups excluding tert-OH is 1. The van der Waals surface area contributed by atoms with Crippen LogP contribution in [0.4, 0.5) is 5.69 Å². The maximum Gasteiger partial charge on any atom is 0.148 e.